The van der Waals surface area contributed by atoms with E-state index in [1.165, 1.54) is 24.5 Å². The van der Waals surface area contributed by atoms with E-state index in [9.17, 15) is 9.18 Å². The summed E-state index contributed by atoms with van der Waals surface area (Å²) in [7, 11) is 0. The highest BCUT2D eigenvalue weighted by Crippen LogP contribution is 2.20. The molecule has 0 saturated carbocycles. The van der Waals surface area contributed by atoms with E-state index in [1.54, 1.807) is 0 Å². The first-order valence-corrected chi connectivity index (χ1v) is 6.84. The Morgan fingerprint density at radius 2 is 2.19 bits per heavy atom. The Hall–Kier alpha value is -2.06. The maximum atomic E-state index is 13.1. The zero-order valence-electron chi connectivity index (χ0n) is 10.2. The third-order valence-corrected chi connectivity index (χ3v) is 3.53. The van der Waals surface area contributed by atoms with E-state index in [1.807, 2.05) is 0 Å². The molecule has 1 aromatic carbocycles. The zero-order chi connectivity index (χ0) is 15.0. The number of aromatic amines is 1. The van der Waals surface area contributed by atoms with Crippen LogP contribution in [-0.2, 0) is 0 Å². The minimum Gasteiger partial charge on any atom is -0.341 e. The van der Waals surface area contributed by atoms with Crippen molar-refractivity contribution in [1.82, 2.24) is 19.9 Å². The predicted molar refractivity (Wildman–Crippen MR) is 78.7 cm³/mol. The molecule has 9 heteroatoms. The van der Waals surface area contributed by atoms with Crippen molar-refractivity contribution in [3.63, 3.8) is 0 Å². The molecule has 6 nitrogen and oxygen atoms in total. The van der Waals surface area contributed by atoms with Crippen LogP contribution in [0.25, 0.3) is 11.2 Å². The van der Waals surface area contributed by atoms with E-state index < -0.39 is 11.7 Å². The van der Waals surface area contributed by atoms with Crippen LogP contribution in [-0.4, -0.2) is 25.8 Å². The number of hydrogen-bond donors (Lipinski definition) is 2. The first-order chi connectivity index (χ1) is 10.0. The Kier molecular flexibility index (Phi) is 3.56. The van der Waals surface area contributed by atoms with Crippen molar-refractivity contribution < 1.29 is 9.18 Å². The van der Waals surface area contributed by atoms with Crippen molar-refractivity contribution >= 4 is 50.6 Å². The summed E-state index contributed by atoms with van der Waals surface area (Å²) in [6, 6.07) is 3.90. The van der Waals surface area contributed by atoms with Crippen LogP contribution in [0.15, 0.2) is 29.0 Å². The monoisotopic (exact) mass is 369 g/mol. The van der Waals surface area contributed by atoms with Crippen molar-refractivity contribution in [1.29, 1.82) is 0 Å². The van der Waals surface area contributed by atoms with Gasteiger partial charge >= 0.3 is 0 Å². The van der Waals surface area contributed by atoms with Crippen LogP contribution in [0.3, 0.4) is 0 Å². The second-order valence-corrected chi connectivity index (χ2v) is 5.23. The van der Waals surface area contributed by atoms with Gasteiger partial charge in [0.15, 0.2) is 10.8 Å². The summed E-state index contributed by atoms with van der Waals surface area (Å²) in [5.74, 6) is -0.921. The molecule has 0 unspecified atom stereocenters. The molecule has 3 rings (SSSR count). The van der Waals surface area contributed by atoms with Gasteiger partial charge in [0.05, 0.1) is 10.8 Å². The number of carbonyl (C=O) groups excluding carboxylic acids is 1. The summed E-state index contributed by atoms with van der Waals surface area (Å²) >= 11 is 8.97. The fourth-order valence-electron chi connectivity index (χ4n) is 1.66. The van der Waals surface area contributed by atoms with Crippen LogP contribution < -0.4 is 5.32 Å². The van der Waals surface area contributed by atoms with E-state index in [4.69, 9.17) is 11.6 Å². The van der Waals surface area contributed by atoms with Crippen molar-refractivity contribution in [3.8, 4) is 0 Å². The molecule has 2 N–H and O–H groups in total. The molecule has 0 aliphatic carbocycles. The summed E-state index contributed by atoms with van der Waals surface area (Å²) in [4.78, 5) is 26.8. The number of carbonyl (C=O) groups is 1. The number of amides is 1. The largest absolute Gasteiger partial charge is 0.341 e. The SMILES string of the molecule is O=C(Nc1nc(Cl)c2[nH]cnc2n1)c1ccc(F)c(Br)c1. The van der Waals surface area contributed by atoms with E-state index in [0.29, 0.717) is 11.2 Å². The molecular formula is C12H6BrClFN5O. The standard InChI is InChI=1S/C12H6BrClFN5O/c13-6-3-5(1-2-7(6)15)11(21)20-12-18-9(14)8-10(19-12)17-4-16-8/h1-4H,(H2,16,17,18,19,20,21). The molecule has 21 heavy (non-hydrogen) atoms. The van der Waals surface area contributed by atoms with Crippen LogP contribution >= 0.6 is 27.5 Å². The number of H-pyrrole nitrogens is 1. The number of fused-ring (bicyclic) bond motifs is 1. The molecule has 0 aliphatic heterocycles. The number of nitrogens with one attached hydrogen (secondary N) is 2. The second kappa shape index (κ2) is 5.38. The van der Waals surface area contributed by atoms with E-state index >= 15 is 0 Å². The van der Waals surface area contributed by atoms with Gasteiger partial charge in [-0.1, -0.05) is 11.6 Å². The first-order valence-electron chi connectivity index (χ1n) is 5.67. The van der Waals surface area contributed by atoms with Crippen LogP contribution in [0.5, 0.6) is 0 Å². The molecule has 0 atom stereocenters. The average molecular weight is 371 g/mol. The molecule has 0 bridgehead atoms. The molecule has 3 aromatic rings. The number of halogens is 3. The normalized spacial score (nSPS) is 10.8. The van der Waals surface area contributed by atoms with E-state index in [2.05, 4.69) is 41.2 Å². The van der Waals surface area contributed by atoms with Gasteiger partial charge < -0.3 is 4.98 Å². The minimum atomic E-state index is -0.485. The number of benzene rings is 1. The van der Waals surface area contributed by atoms with E-state index in [0.717, 1.165) is 0 Å². The Bertz CT molecular complexity index is 853. The predicted octanol–water partition coefficient (Wildman–Crippen LogP) is 3.16. The highest BCUT2D eigenvalue weighted by molar-refractivity contribution is 9.10. The van der Waals surface area contributed by atoms with Gasteiger partial charge in [-0.05, 0) is 34.1 Å². The Labute approximate surface area is 130 Å². The fraction of sp³-hybridized carbons (Fsp3) is 0. The minimum absolute atomic E-state index is 0.0186. The number of rotatable bonds is 2. The number of nitrogens with zero attached hydrogens (tertiary/aromatic N) is 3. The maximum absolute atomic E-state index is 13.1. The van der Waals surface area contributed by atoms with Gasteiger partial charge in [0.1, 0.15) is 11.3 Å². The lowest BCUT2D eigenvalue weighted by molar-refractivity contribution is 0.102. The Morgan fingerprint density at radius 3 is 2.95 bits per heavy atom. The summed E-state index contributed by atoms with van der Waals surface area (Å²) in [5, 5.41) is 2.63. The van der Waals surface area contributed by atoms with Gasteiger partial charge in [-0.2, -0.15) is 9.97 Å². The van der Waals surface area contributed by atoms with Gasteiger partial charge in [0.2, 0.25) is 5.95 Å². The molecule has 1 amide bonds. The second-order valence-electron chi connectivity index (χ2n) is 4.02. The van der Waals surface area contributed by atoms with Crippen molar-refractivity contribution in [2.75, 3.05) is 5.32 Å². The smallest absolute Gasteiger partial charge is 0.258 e. The molecule has 2 aromatic heterocycles. The number of anilines is 1. The molecular weight excluding hydrogens is 365 g/mol. The summed E-state index contributed by atoms with van der Waals surface area (Å²) in [6.45, 7) is 0. The first kappa shape index (κ1) is 13.9. The Balaban J connectivity index is 1.90. The maximum Gasteiger partial charge on any atom is 0.258 e. The lowest BCUT2D eigenvalue weighted by Crippen LogP contribution is -2.14. The molecule has 0 saturated heterocycles. The van der Waals surface area contributed by atoms with Crippen molar-refractivity contribution in [3.05, 3.63) is 45.5 Å². The average Bonchev–Trinajstić information content (AvgIpc) is 2.90. The molecule has 2 heterocycles. The molecule has 0 aliphatic rings. The van der Waals surface area contributed by atoms with Crippen molar-refractivity contribution in [2.24, 2.45) is 0 Å². The molecule has 0 radical (unpaired) electrons. The lowest BCUT2D eigenvalue weighted by atomic mass is 10.2. The highest BCUT2D eigenvalue weighted by Gasteiger charge is 2.13. The highest BCUT2D eigenvalue weighted by atomic mass is 79.9. The van der Waals surface area contributed by atoms with E-state index in [-0.39, 0.29) is 21.1 Å². The van der Waals surface area contributed by atoms with Crippen LogP contribution in [0, 0.1) is 5.82 Å². The summed E-state index contributed by atoms with van der Waals surface area (Å²) in [6.07, 6.45) is 1.42. The van der Waals surface area contributed by atoms with Gasteiger partial charge in [-0.3, -0.25) is 10.1 Å². The summed E-state index contributed by atoms with van der Waals surface area (Å²) in [5.41, 5.74) is 1.08. The molecule has 0 spiro atoms. The lowest BCUT2D eigenvalue weighted by Gasteiger charge is -2.05. The fourth-order valence-corrected chi connectivity index (χ4v) is 2.26. The van der Waals surface area contributed by atoms with Gasteiger partial charge in [0.25, 0.3) is 5.91 Å². The van der Waals surface area contributed by atoms with Crippen LogP contribution in [0.2, 0.25) is 5.15 Å². The topological polar surface area (TPSA) is 83.6 Å². The summed E-state index contributed by atoms with van der Waals surface area (Å²) < 4.78 is 13.3. The number of hydrogen-bond acceptors (Lipinski definition) is 4. The molecule has 106 valence electrons. The quantitative estimate of drug-likeness (QED) is 0.679. The molecule has 0 fully saturated rings. The number of imidazole rings is 1. The van der Waals surface area contributed by atoms with Crippen molar-refractivity contribution in [2.45, 2.75) is 0 Å². The van der Waals surface area contributed by atoms with Gasteiger partial charge in [0, 0.05) is 5.56 Å². The third-order valence-electron chi connectivity index (χ3n) is 2.65. The third kappa shape index (κ3) is 2.72. The van der Waals surface area contributed by atoms with Crippen LogP contribution in [0.1, 0.15) is 10.4 Å². The van der Waals surface area contributed by atoms with Gasteiger partial charge in [-0.25, -0.2) is 9.37 Å². The zero-order valence-corrected chi connectivity index (χ0v) is 12.5. The van der Waals surface area contributed by atoms with Gasteiger partial charge in [-0.15, -0.1) is 0 Å². The number of aromatic nitrogens is 4. The Morgan fingerprint density at radius 1 is 1.38 bits per heavy atom. The van der Waals surface area contributed by atoms with Crippen LogP contribution in [0.4, 0.5) is 10.3 Å².